The third-order valence-corrected chi connectivity index (χ3v) is 5.31. The van der Waals surface area contributed by atoms with Gasteiger partial charge in [0.2, 0.25) is 0 Å². The van der Waals surface area contributed by atoms with E-state index in [2.05, 4.69) is 20.0 Å². The summed E-state index contributed by atoms with van der Waals surface area (Å²) in [5.74, 6) is -0.969. The Morgan fingerprint density at radius 3 is 2.76 bits per heavy atom. The molecule has 2 aromatic heterocycles. The Labute approximate surface area is 192 Å². The van der Waals surface area contributed by atoms with Gasteiger partial charge in [-0.1, -0.05) is 23.4 Å². The second kappa shape index (κ2) is 9.84. The van der Waals surface area contributed by atoms with Crippen LogP contribution in [-0.4, -0.2) is 37.7 Å². The number of rotatable bonds is 8. The van der Waals surface area contributed by atoms with E-state index in [9.17, 15) is 13.3 Å². The van der Waals surface area contributed by atoms with E-state index in [1.807, 2.05) is 0 Å². The summed E-state index contributed by atoms with van der Waals surface area (Å²) in [5.41, 5.74) is 7.75. The van der Waals surface area contributed by atoms with Gasteiger partial charge in [-0.15, -0.1) is 0 Å². The van der Waals surface area contributed by atoms with Gasteiger partial charge in [-0.05, 0) is 29.8 Å². The molecule has 4 rings (SSSR count). The van der Waals surface area contributed by atoms with E-state index in [1.165, 1.54) is 41.6 Å². The van der Waals surface area contributed by atoms with E-state index < -0.39 is 32.4 Å². The van der Waals surface area contributed by atoms with Gasteiger partial charge in [0.25, 0.3) is 0 Å². The Morgan fingerprint density at radius 1 is 1.24 bits per heavy atom. The van der Waals surface area contributed by atoms with E-state index in [4.69, 9.17) is 20.0 Å². The van der Waals surface area contributed by atoms with E-state index in [-0.39, 0.29) is 17.9 Å². The monoisotopic (exact) mass is 491 g/mol. The molecule has 1 atom stereocenters. The van der Waals surface area contributed by atoms with Crippen molar-refractivity contribution < 1.29 is 32.2 Å². The molecule has 0 spiro atoms. The molecule has 0 amide bonds. The molecule has 34 heavy (non-hydrogen) atoms. The number of allylic oxidation sites excluding steroid dienone is 2. The van der Waals surface area contributed by atoms with Crippen LogP contribution in [0.4, 0.5) is 20.3 Å². The molecule has 1 unspecified atom stereocenters. The van der Waals surface area contributed by atoms with Crippen molar-refractivity contribution >= 4 is 24.9 Å². The fourth-order valence-electron chi connectivity index (χ4n) is 3.22. The molecule has 0 saturated carbocycles. The van der Waals surface area contributed by atoms with E-state index in [1.54, 1.807) is 24.3 Å². The number of phosphoric ester groups is 1. The molecule has 0 bridgehead atoms. The fraction of sp³-hybridized carbons (Fsp3) is 0.143. The maximum atomic E-state index is 14.5. The molecule has 0 aliphatic carbocycles. The maximum Gasteiger partial charge on any atom is 0.471 e. The van der Waals surface area contributed by atoms with Gasteiger partial charge in [0.05, 0.1) is 11.4 Å². The van der Waals surface area contributed by atoms with Crippen molar-refractivity contribution in [3.8, 4) is 0 Å². The summed E-state index contributed by atoms with van der Waals surface area (Å²) in [5, 5.41) is 6.60. The van der Waals surface area contributed by atoms with Crippen LogP contribution in [0.1, 0.15) is 17.0 Å². The molecule has 13 heteroatoms. The summed E-state index contributed by atoms with van der Waals surface area (Å²) in [6, 6.07) is 8.76. The van der Waals surface area contributed by atoms with Crippen LogP contribution < -0.4 is 11.1 Å². The Bertz CT molecular complexity index is 1290. The first kappa shape index (κ1) is 23.7. The third kappa shape index (κ3) is 5.74. The van der Waals surface area contributed by atoms with Gasteiger partial charge in [-0.3, -0.25) is 4.52 Å². The standard InChI is InChI=1S/C21H20F2N5O5P/c22-16-5-1-2-6-18(16)26-21-17(23)9-13(11-25-21)8-14-10-19(33-27-14)15-4-3-7-28(20(15)24)12-32-34(29,30)31/h1-7,9-11,20H,8,12,24H2,(H,25,26)(H2,29,30,31). The summed E-state index contributed by atoms with van der Waals surface area (Å²) < 4.78 is 49.1. The van der Waals surface area contributed by atoms with Crippen LogP contribution in [0.15, 0.2) is 65.5 Å². The number of anilines is 2. The largest absolute Gasteiger partial charge is 0.471 e. The zero-order valence-corrected chi connectivity index (χ0v) is 18.4. The minimum Gasteiger partial charge on any atom is -0.356 e. The predicted octanol–water partition coefficient (Wildman–Crippen LogP) is 3.25. The number of para-hydroxylation sites is 1. The van der Waals surface area contributed by atoms with Crippen LogP contribution >= 0.6 is 7.82 Å². The summed E-state index contributed by atoms with van der Waals surface area (Å²) >= 11 is 0. The van der Waals surface area contributed by atoms with Crippen molar-refractivity contribution in [2.75, 3.05) is 12.0 Å². The number of nitrogens with one attached hydrogen (secondary N) is 1. The van der Waals surface area contributed by atoms with Crippen LogP contribution in [0.5, 0.6) is 0 Å². The normalized spacial score (nSPS) is 16.0. The predicted molar refractivity (Wildman–Crippen MR) is 118 cm³/mol. The fourth-order valence-corrected chi connectivity index (χ4v) is 3.50. The second-order valence-electron chi connectivity index (χ2n) is 7.31. The van der Waals surface area contributed by atoms with E-state index in [0.29, 0.717) is 22.6 Å². The molecule has 0 radical (unpaired) electrons. The van der Waals surface area contributed by atoms with E-state index in [0.717, 1.165) is 0 Å². The lowest BCUT2D eigenvalue weighted by Crippen LogP contribution is -2.41. The molecular formula is C21H20F2N5O5P. The Balaban J connectivity index is 1.43. The first-order valence-electron chi connectivity index (χ1n) is 9.91. The van der Waals surface area contributed by atoms with Gasteiger partial charge in [-0.2, -0.15) is 0 Å². The zero-order chi connectivity index (χ0) is 24.3. The summed E-state index contributed by atoms with van der Waals surface area (Å²) in [7, 11) is -4.66. The van der Waals surface area contributed by atoms with Crippen molar-refractivity contribution in [3.05, 3.63) is 89.6 Å². The highest BCUT2D eigenvalue weighted by Crippen LogP contribution is 2.36. The number of nitrogens with zero attached hydrogens (tertiary/aromatic N) is 3. The minimum atomic E-state index is -4.66. The molecule has 10 nitrogen and oxygen atoms in total. The van der Waals surface area contributed by atoms with Crippen molar-refractivity contribution in [2.45, 2.75) is 12.6 Å². The van der Waals surface area contributed by atoms with Crippen LogP contribution in [-0.2, 0) is 15.5 Å². The summed E-state index contributed by atoms with van der Waals surface area (Å²) in [6.07, 6.45) is 5.65. The molecule has 1 aliphatic heterocycles. The number of pyridine rings is 1. The lowest BCUT2D eigenvalue weighted by atomic mass is 10.1. The molecular weight excluding hydrogens is 471 g/mol. The highest BCUT2D eigenvalue weighted by Gasteiger charge is 2.25. The molecule has 0 saturated heterocycles. The molecule has 3 heterocycles. The summed E-state index contributed by atoms with van der Waals surface area (Å²) in [4.78, 5) is 23.2. The van der Waals surface area contributed by atoms with Crippen LogP contribution in [0, 0.1) is 11.6 Å². The van der Waals surface area contributed by atoms with Crippen molar-refractivity contribution in [1.82, 2.24) is 15.0 Å². The highest BCUT2D eigenvalue weighted by molar-refractivity contribution is 7.46. The van der Waals surface area contributed by atoms with E-state index >= 15 is 0 Å². The van der Waals surface area contributed by atoms with Crippen LogP contribution in [0.3, 0.4) is 0 Å². The number of nitrogens with two attached hydrogens (primary N) is 1. The van der Waals surface area contributed by atoms with Gasteiger partial charge in [0.15, 0.2) is 17.4 Å². The average Bonchev–Trinajstić information content (AvgIpc) is 3.24. The number of aromatic nitrogens is 2. The zero-order valence-electron chi connectivity index (χ0n) is 17.5. The Kier molecular flexibility index (Phi) is 6.87. The lowest BCUT2D eigenvalue weighted by Gasteiger charge is -2.30. The van der Waals surface area contributed by atoms with Crippen LogP contribution in [0.25, 0.3) is 5.57 Å². The maximum absolute atomic E-state index is 14.5. The van der Waals surface area contributed by atoms with Crippen LogP contribution in [0.2, 0.25) is 0 Å². The van der Waals surface area contributed by atoms with Gasteiger partial charge in [0, 0.05) is 30.5 Å². The Hall–Kier alpha value is -3.41. The molecule has 3 aromatic rings. The molecule has 1 aromatic carbocycles. The van der Waals surface area contributed by atoms with Crippen molar-refractivity contribution in [1.29, 1.82) is 0 Å². The lowest BCUT2D eigenvalue weighted by molar-refractivity contribution is 0.110. The first-order chi connectivity index (χ1) is 16.2. The number of hydrogen-bond acceptors (Lipinski definition) is 8. The van der Waals surface area contributed by atoms with Gasteiger partial charge < -0.3 is 30.3 Å². The Morgan fingerprint density at radius 2 is 2.03 bits per heavy atom. The molecule has 1 aliphatic rings. The topological polar surface area (TPSA) is 147 Å². The van der Waals surface area contributed by atoms with Gasteiger partial charge in [-0.25, -0.2) is 18.3 Å². The van der Waals surface area contributed by atoms with Gasteiger partial charge in [0.1, 0.15) is 18.7 Å². The third-order valence-electron chi connectivity index (χ3n) is 4.86. The number of hydrogen-bond donors (Lipinski definition) is 4. The number of benzene rings is 1. The first-order valence-corrected chi connectivity index (χ1v) is 11.4. The quantitative estimate of drug-likeness (QED) is 0.346. The number of phosphoric acid groups is 1. The molecule has 178 valence electrons. The molecule has 5 N–H and O–H groups in total. The highest BCUT2D eigenvalue weighted by atomic mass is 31.2. The second-order valence-corrected chi connectivity index (χ2v) is 8.55. The molecule has 0 fully saturated rings. The van der Waals surface area contributed by atoms with Crippen molar-refractivity contribution in [2.24, 2.45) is 5.73 Å². The minimum absolute atomic E-state index is 0.106. The SMILES string of the molecule is NC1C(c2cc(Cc3cnc(Nc4ccccc4F)c(F)c3)no2)=CC=CN1COP(=O)(O)O. The average molecular weight is 491 g/mol. The number of halogens is 2. The summed E-state index contributed by atoms with van der Waals surface area (Å²) in [6.45, 7) is -0.432. The van der Waals surface area contributed by atoms with Crippen molar-refractivity contribution in [3.63, 3.8) is 0 Å². The van der Waals surface area contributed by atoms with Gasteiger partial charge >= 0.3 is 7.82 Å². The smallest absolute Gasteiger partial charge is 0.356 e.